The van der Waals surface area contributed by atoms with Crippen molar-refractivity contribution in [2.45, 2.75) is 33.2 Å². The molecule has 2 aromatic rings. The van der Waals surface area contributed by atoms with Crippen LogP contribution in [0.2, 0.25) is 0 Å². The largest absolute Gasteiger partial charge is 0.352 e. The zero-order valence-corrected chi connectivity index (χ0v) is 15.3. The number of aromatic nitrogens is 3. The van der Waals surface area contributed by atoms with Gasteiger partial charge in [0, 0.05) is 50.8 Å². The van der Waals surface area contributed by atoms with Gasteiger partial charge in [-0.05, 0) is 24.0 Å². The second-order valence-electron chi connectivity index (χ2n) is 6.45. The first kappa shape index (κ1) is 19.5. The van der Waals surface area contributed by atoms with E-state index in [1.807, 2.05) is 12.1 Å². The molecule has 0 aromatic carbocycles. The van der Waals surface area contributed by atoms with Crippen molar-refractivity contribution in [3.8, 4) is 0 Å². The van der Waals surface area contributed by atoms with Crippen molar-refractivity contribution in [3.63, 3.8) is 0 Å². The average molecular weight is 355 g/mol. The molecule has 0 fully saturated rings. The average Bonchev–Trinajstić information content (AvgIpc) is 2.67. The molecule has 7 nitrogen and oxygen atoms in total. The molecule has 0 aliphatic heterocycles. The Bertz CT molecular complexity index is 692. The summed E-state index contributed by atoms with van der Waals surface area (Å²) < 4.78 is 0. The summed E-state index contributed by atoms with van der Waals surface area (Å²) in [5.41, 5.74) is 1.24. The van der Waals surface area contributed by atoms with Crippen LogP contribution in [0, 0.1) is 5.92 Å². The highest BCUT2D eigenvalue weighted by atomic mass is 16.2. The molecule has 2 amide bonds. The number of carbonyl (C=O) groups excluding carboxylic acids is 2. The Morgan fingerprint density at radius 2 is 1.92 bits per heavy atom. The highest BCUT2D eigenvalue weighted by molar-refractivity contribution is 5.92. The highest BCUT2D eigenvalue weighted by Gasteiger charge is 2.18. The van der Waals surface area contributed by atoms with Crippen molar-refractivity contribution >= 4 is 11.8 Å². The zero-order chi connectivity index (χ0) is 18.8. The molecule has 0 aliphatic rings. The van der Waals surface area contributed by atoms with Crippen LogP contribution in [-0.4, -0.2) is 44.8 Å². The first-order chi connectivity index (χ1) is 12.6. The van der Waals surface area contributed by atoms with Crippen molar-refractivity contribution in [2.75, 3.05) is 13.1 Å². The van der Waals surface area contributed by atoms with Crippen LogP contribution in [0.3, 0.4) is 0 Å². The van der Waals surface area contributed by atoms with Crippen LogP contribution in [0.25, 0.3) is 0 Å². The van der Waals surface area contributed by atoms with Crippen LogP contribution in [0.1, 0.15) is 42.7 Å². The third-order valence-corrected chi connectivity index (χ3v) is 3.87. The van der Waals surface area contributed by atoms with Gasteiger partial charge in [0.25, 0.3) is 5.91 Å². The van der Waals surface area contributed by atoms with Crippen molar-refractivity contribution in [2.24, 2.45) is 5.92 Å². The molecule has 0 unspecified atom stereocenters. The van der Waals surface area contributed by atoms with Gasteiger partial charge >= 0.3 is 0 Å². The smallest absolute Gasteiger partial charge is 0.274 e. The Balaban J connectivity index is 1.89. The summed E-state index contributed by atoms with van der Waals surface area (Å²) >= 11 is 0. The Labute approximate surface area is 153 Å². The quantitative estimate of drug-likeness (QED) is 0.744. The van der Waals surface area contributed by atoms with E-state index in [4.69, 9.17) is 0 Å². The van der Waals surface area contributed by atoms with Crippen LogP contribution in [0.15, 0.2) is 43.1 Å². The number of carbonyl (C=O) groups is 2. The predicted molar refractivity (Wildman–Crippen MR) is 98.1 cm³/mol. The number of pyridine rings is 1. The van der Waals surface area contributed by atoms with Gasteiger partial charge in [-0.15, -0.1) is 0 Å². The molecule has 0 saturated carbocycles. The number of amides is 2. The molecule has 7 heteroatoms. The van der Waals surface area contributed by atoms with Gasteiger partial charge in [0.05, 0.1) is 6.20 Å². The van der Waals surface area contributed by atoms with E-state index in [1.54, 1.807) is 17.3 Å². The number of hydrogen-bond donors (Lipinski definition) is 1. The Hall–Kier alpha value is -2.83. The maximum absolute atomic E-state index is 12.6. The molecule has 26 heavy (non-hydrogen) atoms. The van der Waals surface area contributed by atoms with Crippen molar-refractivity contribution in [1.29, 1.82) is 0 Å². The number of nitrogens with one attached hydrogen (secondary N) is 1. The van der Waals surface area contributed by atoms with Crippen molar-refractivity contribution in [3.05, 3.63) is 54.4 Å². The van der Waals surface area contributed by atoms with E-state index in [2.05, 4.69) is 34.1 Å². The molecule has 2 heterocycles. The SMILES string of the molecule is CC(C)CCN(CCC(=O)NCc1cccnc1)C(=O)c1cnccn1. The molecule has 138 valence electrons. The van der Waals surface area contributed by atoms with E-state index in [0.29, 0.717) is 31.2 Å². The topological polar surface area (TPSA) is 88.1 Å². The summed E-state index contributed by atoms with van der Waals surface area (Å²) in [5.74, 6) is 0.167. The standard InChI is InChI=1S/C19H25N5O2/c1-15(2)5-10-24(19(26)17-14-21-8-9-22-17)11-6-18(25)23-13-16-4-3-7-20-12-16/h3-4,7-9,12,14-15H,5-6,10-11,13H2,1-2H3,(H,23,25). The normalized spacial score (nSPS) is 10.6. The fourth-order valence-corrected chi connectivity index (χ4v) is 2.33. The lowest BCUT2D eigenvalue weighted by molar-refractivity contribution is -0.121. The monoisotopic (exact) mass is 355 g/mol. The lowest BCUT2D eigenvalue weighted by Gasteiger charge is -2.23. The second kappa shape index (κ2) is 10.2. The molecule has 0 aliphatic carbocycles. The summed E-state index contributed by atoms with van der Waals surface area (Å²) in [6, 6.07) is 3.73. The molecule has 0 radical (unpaired) electrons. The van der Waals surface area contributed by atoms with Crippen molar-refractivity contribution in [1.82, 2.24) is 25.2 Å². The number of nitrogens with zero attached hydrogens (tertiary/aromatic N) is 4. The number of rotatable bonds is 9. The fourth-order valence-electron chi connectivity index (χ4n) is 2.33. The minimum atomic E-state index is -0.196. The predicted octanol–water partition coefficient (Wildman–Crippen LogP) is 2.07. The maximum atomic E-state index is 12.6. The van der Waals surface area contributed by atoms with E-state index >= 15 is 0 Å². The van der Waals surface area contributed by atoms with E-state index in [9.17, 15) is 9.59 Å². The van der Waals surface area contributed by atoms with Crippen LogP contribution in [-0.2, 0) is 11.3 Å². The van der Waals surface area contributed by atoms with Gasteiger partial charge in [-0.2, -0.15) is 0 Å². The Morgan fingerprint density at radius 1 is 1.12 bits per heavy atom. The molecule has 1 N–H and O–H groups in total. The van der Waals surface area contributed by atoms with Gasteiger partial charge in [0.15, 0.2) is 0 Å². The van der Waals surface area contributed by atoms with Gasteiger partial charge in [0.2, 0.25) is 5.91 Å². The van der Waals surface area contributed by atoms with Gasteiger partial charge in [0.1, 0.15) is 5.69 Å². The molecule has 0 spiro atoms. The fraction of sp³-hybridized carbons (Fsp3) is 0.421. The van der Waals surface area contributed by atoms with Crippen LogP contribution >= 0.6 is 0 Å². The molecule has 2 aromatic heterocycles. The minimum Gasteiger partial charge on any atom is -0.352 e. The highest BCUT2D eigenvalue weighted by Crippen LogP contribution is 2.07. The summed E-state index contributed by atoms with van der Waals surface area (Å²) in [4.78, 5) is 38.5. The lowest BCUT2D eigenvalue weighted by atomic mass is 10.1. The molecule has 0 saturated heterocycles. The molecule has 0 atom stereocenters. The van der Waals surface area contributed by atoms with E-state index in [-0.39, 0.29) is 18.2 Å². The third-order valence-electron chi connectivity index (χ3n) is 3.87. The molecule has 0 bridgehead atoms. The lowest BCUT2D eigenvalue weighted by Crippen LogP contribution is -2.36. The molecular weight excluding hydrogens is 330 g/mol. The Kier molecular flexibility index (Phi) is 7.67. The van der Waals surface area contributed by atoms with Crippen LogP contribution < -0.4 is 5.32 Å². The van der Waals surface area contributed by atoms with E-state index in [0.717, 1.165) is 12.0 Å². The Morgan fingerprint density at radius 3 is 2.58 bits per heavy atom. The van der Waals surface area contributed by atoms with Gasteiger partial charge in [-0.3, -0.25) is 19.6 Å². The third kappa shape index (κ3) is 6.58. The first-order valence-corrected chi connectivity index (χ1v) is 8.77. The minimum absolute atomic E-state index is 0.102. The second-order valence-corrected chi connectivity index (χ2v) is 6.45. The summed E-state index contributed by atoms with van der Waals surface area (Å²) in [7, 11) is 0. The first-order valence-electron chi connectivity index (χ1n) is 8.77. The van der Waals surface area contributed by atoms with Gasteiger partial charge in [-0.1, -0.05) is 19.9 Å². The molecule has 2 rings (SSSR count). The van der Waals surface area contributed by atoms with E-state index in [1.165, 1.54) is 18.6 Å². The van der Waals surface area contributed by atoms with Crippen LogP contribution in [0.4, 0.5) is 0 Å². The van der Waals surface area contributed by atoms with Crippen molar-refractivity contribution < 1.29 is 9.59 Å². The zero-order valence-electron chi connectivity index (χ0n) is 15.3. The van der Waals surface area contributed by atoms with Gasteiger partial charge in [-0.25, -0.2) is 4.98 Å². The summed E-state index contributed by atoms with van der Waals surface area (Å²) in [6.07, 6.45) is 8.99. The van der Waals surface area contributed by atoms with Gasteiger partial charge < -0.3 is 10.2 Å². The number of hydrogen-bond acceptors (Lipinski definition) is 5. The van der Waals surface area contributed by atoms with Crippen LogP contribution in [0.5, 0.6) is 0 Å². The molecular formula is C19H25N5O2. The maximum Gasteiger partial charge on any atom is 0.274 e. The summed E-state index contributed by atoms with van der Waals surface area (Å²) in [6.45, 7) is 5.57. The van der Waals surface area contributed by atoms with E-state index < -0.39 is 0 Å². The summed E-state index contributed by atoms with van der Waals surface area (Å²) in [5, 5.41) is 2.85.